The monoisotopic (exact) mass is 208 g/mol. The molecule has 0 radical (unpaired) electrons. The molecule has 5 heteroatoms. The van der Waals surface area contributed by atoms with Gasteiger partial charge in [0.25, 0.3) is 5.92 Å². The fourth-order valence-corrected chi connectivity index (χ4v) is 1.67. The summed E-state index contributed by atoms with van der Waals surface area (Å²) in [5, 5.41) is 0. The maximum atomic E-state index is 13.0. The van der Waals surface area contributed by atoms with E-state index in [9.17, 15) is 8.78 Å². The molecule has 1 heterocycles. The lowest BCUT2D eigenvalue weighted by Crippen LogP contribution is -2.46. The number of nitrogens with zero attached hydrogens (tertiary/aromatic N) is 1. The Morgan fingerprint density at radius 2 is 2.29 bits per heavy atom. The number of nitrogens with two attached hydrogens (primary N) is 1. The van der Waals surface area contributed by atoms with Crippen molar-refractivity contribution >= 4 is 0 Å². The zero-order valence-corrected chi connectivity index (χ0v) is 8.51. The third kappa shape index (κ3) is 3.15. The Hall–Kier alpha value is -0.260. The molecule has 0 saturated carbocycles. The van der Waals surface area contributed by atoms with Gasteiger partial charge in [-0.25, -0.2) is 8.78 Å². The second kappa shape index (κ2) is 5.00. The van der Waals surface area contributed by atoms with Crippen LogP contribution in [-0.2, 0) is 4.74 Å². The molecule has 1 aliphatic heterocycles. The van der Waals surface area contributed by atoms with Crippen molar-refractivity contribution in [3.05, 3.63) is 0 Å². The molecule has 0 bridgehead atoms. The first-order valence-electron chi connectivity index (χ1n) is 4.98. The summed E-state index contributed by atoms with van der Waals surface area (Å²) in [6, 6.07) is 0.137. The molecule has 0 aromatic carbocycles. The van der Waals surface area contributed by atoms with E-state index >= 15 is 0 Å². The molecule has 1 aliphatic rings. The van der Waals surface area contributed by atoms with Gasteiger partial charge in [-0.05, 0) is 13.0 Å². The lowest BCUT2D eigenvalue weighted by molar-refractivity contribution is -0.0335. The van der Waals surface area contributed by atoms with Crippen LogP contribution in [0.1, 0.15) is 13.3 Å². The van der Waals surface area contributed by atoms with Gasteiger partial charge < -0.3 is 10.5 Å². The van der Waals surface area contributed by atoms with Crippen molar-refractivity contribution < 1.29 is 13.5 Å². The molecule has 0 spiro atoms. The highest BCUT2D eigenvalue weighted by Crippen LogP contribution is 2.18. The number of rotatable bonds is 5. The topological polar surface area (TPSA) is 38.5 Å². The molecule has 14 heavy (non-hydrogen) atoms. The van der Waals surface area contributed by atoms with Gasteiger partial charge in [-0.2, -0.15) is 0 Å². The quantitative estimate of drug-likeness (QED) is 0.722. The summed E-state index contributed by atoms with van der Waals surface area (Å²) < 4.78 is 31.2. The van der Waals surface area contributed by atoms with E-state index in [1.165, 1.54) is 0 Å². The van der Waals surface area contributed by atoms with Gasteiger partial charge in [0.2, 0.25) is 0 Å². The third-order valence-corrected chi connectivity index (χ3v) is 2.56. The largest absolute Gasteiger partial charge is 0.380 e. The predicted molar refractivity (Wildman–Crippen MR) is 50.5 cm³/mol. The van der Waals surface area contributed by atoms with Crippen molar-refractivity contribution in [3.63, 3.8) is 0 Å². The lowest BCUT2D eigenvalue weighted by Gasteiger charge is -2.29. The van der Waals surface area contributed by atoms with Crippen molar-refractivity contribution in [2.24, 2.45) is 5.73 Å². The van der Waals surface area contributed by atoms with Gasteiger partial charge in [-0.15, -0.1) is 0 Å². The first kappa shape index (κ1) is 11.8. The molecule has 3 nitrogen and oxygen atoms in total. The molecule has 2 N–H and O–H groups in total. The van der Waals surface area contributed by atoms with Crippen LogP contribution in [0.5, 0.6) is 0 Å². The molecular formula is C9H18F2N2O. The average Bonchev–Trinajstić information content (AvgIpc) is 2.67. The normalized spacial score (nSPS) is 23.4. The second-order valence-corrected chi connectivity index (χ2v) is 3.64. The molecule has 1 saturated heterocycles. The SMILES string of the molecule is CCN(CC(F)(F)CN)C1CCOC1. The van der Waals surface area contributed by atoms with E-state index in [2.05, 4.69) is 0 Å². The van der Waals surface area contributed by atoms with Crippen LogP contribution < -0.4 is 5.73 Å². The molecule has 1 atom stereocenters. The predicted octanol–water partition coefficient (Wildman–Crippen LogP) is 0.691. The van der Waals surface area contributed by atoms with Crippen molar-refractivity contribution in [2.75, 3.05) is 32.8 Å². The standard InChI is InChI=1S/C9H18F2N2O/c1-2-13(7-9(10,11)6-12)8-3-4-14-5-8/h8H,2-7,12H2,1H3. The van der Waals surface area contributed by atoms with Gasteiger partial charge in [0.1, 0.15) is 0 Å². The fraction of sp³-hybridized carbons (Fsp3) is 1.00. The van der Waals surface area contributed by atoms with E-state index in [4.69, 9.17) is 10.5 Å². The van der Waals surface area contributed by atoms with E-state index in [1.54, 1.807) is 4.90 Å². The van der Waals surface area contributed by atoms with E-state index < -0.39 is 12.5 Å². The van der Waals surface area contributed by atoms with Crippen LogP contribution in [0.25, 0.3) is 0 Å². The molecule has 0 aromatic heterocycles. The third-order valence-electron chi connectivity index (χ3n) is 2.56. The summed E-state index contributed by atoms with van der Waals surface area (Å²) in [5.74, 6) is -2.78. The van der Waals surface area contributed by atoms with Crippen LogP contribution in [0.3, 0.4) is 0 Å². The number of hydrogen-bond donors (Lipinski definition) is 1. The van der Waals surface area contributed by atoms with Crippen LogP contribution in [0, 0.1) is 0 Å². The van der Waals surface area contributed by atoms with Gasteiger partial charge in [-0.1, -0.05) is 6.92 Å². The van der Waals surface area contributed by atoms with Crippen molar-refractivity contribution in [1.82, 2.24) is 4.90 Å². The van der Waals surface area contributed by atoms with Crippen LogP contribution in [0.4, 0.5) is 8.78 Å². The minimum absolute atomic E-state index is 0.137. The van der Waals surface area contributed by atoms with E-state index in [0.717, 1.165) is 6.42 Å². The summed E-state index contributed by atoms with van der Waals surface area (Å²) in [6.45, 7) is 2.89. The Labute approximate surface area is 83.2 Å². The van der Waals surface area contributed by atoms with Crippen molar-refractivity contribution in [3.8, 4) is 0 Å². The Morgan fingerprint density at radius 3 is 2.71 bits per heavy atom. The first-order valence-corrected chi connectivity index (χ1v) is 4.98. The molecule has 84 valence electrons. The van der Waals surface area contributed by atoms with Crippen molar-refractivity contribution in [2.45, 2.75) is 25.3 Å². The Morgan fingerprint density at radius 1 is 1.57 bits per heavy atom. The average molecular weight is 208 g/mol. The van der Waals surface area contributed by atoms with Gasteiger partial charge in [0.15, 0.2) is 0 Å². The van der Waals surface area contributed by atoms with E-state index in [-0.39, 0.29) is 12.6 Å². The molecule has 0 aliphatic carbocycles. The summed E-state index contributed by atoms with van der Waals surface area (Å²) in [6.07, 6.45) is 0.842. The van der Waals surface area contributed by atoms with Gasteiger partial charge in [0, 0.05) is 12.6 Å². The van der Waals surface area contributed by atoms with Crippen LogP contribution in [0.15, 0.2) is 0 Å². The summed E-state index contributed by atoms with van der Waals surface area (Å²) in [7, 11) is 0. The van der Waals surface area contributed by atoms with Crippen LogP contribution in [0.2, 0.25) is 0 Å². The zero-order valence-electron chi connectivity index (χ0n) is 8.51. The second-order valence-electron chi connectivity index (χ2n) is 3.64. The number of hydrogen-bond acceptors (Lipinski definition) is 3. The number of ether oxygens (including phenoxy) is 1. The summed E-state index contributed by atoms with van der Waals surface area (Å²) in [5.41, 5.74) is 5.00. The summed E-state index contributed by atoms with van der Waals surface area (Å²) >= 11 is 0. The molecule has 1 rings (SSSR count). The highest BCUT2D eigenvalue weighted by Gasteiger charge is 2.33. The molecule has 0 amide bonds. The molecule has 1 unspecified atom stereocenters. The lowest BCUT2D eigenvalue weighted by atomic mass is 10.2. The van der Waals surface area contributed by atoms with Crippen LogP contribution >= 0.6 is 0 Å². The van der Waals surface area contributed by atoms with E-state index in [0.29, 0.717) is 19.8 Å². The number of likely N-dealkylation sites (N-methyl/N-ethyl adjacent to an activating group) is 1. The highest BCUT2D eigenvalue weighted by molar-refractivity contribution is 4.80. The van der Waals surface area contributed by atoms with Crippen molar-refractivity contribution in [1.29, 1.82) is 0 Å². The van der Waals surface area contributed by atoms with Gasteiger partial charge >= 0.3 is 0 Å². The molecule has 1 fully saturated rings. The first-order chi connectivity index (χ1) is 6.59. The van der Waals surface area contributed by atoms with Crippen LogP contribution in [-0.4, -0.2) is 49.7 Å². The maximum Gasteiger partial charge on any atom is 0.272 e. The maximum absolute atomic E-state index is 13.0. The minimum atomic E-state index is -2.78. The summed E-state index contributed by atoms with van der Waals surface area (Å²) in [4.78, 5) is 1.75. The minimum Gasteiger partial charge on any atom is -0.380 e. The zero-order chi connectivity index (χ0) is 10.6. The fourth-order valence-electron chi connectivity index (χ4n) is 1.67. The van der Waals surface area contributed by atoms with Gasteiger partial charge in [0.05, 0.1) is 19.7 Å². The smallest absolute Gasteiger partial charge is 0.272 e. The Kier molecular flexibility index (Phi) is 4.22. The Bertz CT molecular complexity index is 172. The molecule has 0 aromatic rings. The van der Waals surface area contributed by atoms with E-state index in [1.807, 2.05) is 6.92 Å². The highest BCUT2D eigenvalue weighted by atomic mass is 19.3. The number of halogens is 2. The Balaban J connectivity index is 2.45. The van der Waals surface area contributed by atoms with Gasteiger partial charge in [-0.3, -0.25) is 4.90 Å². The molecular weight excluding hydrogens is 190 g/mol. The number of alkyl halides is 2.